The van der Waals surface area contributed by atoms with Crippen LogP contribution in [-0.2, 0) is 4.74 Å². The van der Waals surface area contributed by atoms with Crippen LogP contribution in [0, 0.1) is 6.92 Å². The summed E-state index contributed by atoms with van der Waals surface area (Å²) >= 11 is 0. The van der Waals surface area contributed by atoms with E-state index in [4.69, 9.17) is 4.74 Å². The number of rotatable bonds is 6. The van der Waals surface area contributed by atoms with Crippen LogP contribution >= 0.6 is 0 Å². The molecular formula is C21H34N4O2. The minimum absolute atomic E-state index is 0.0725. The first-order valence-corrected chi connectivity index (χ1v) is 10.3. The van der Waals surface area contributed by atoms with E-state index < -0.39 is 0 Å². The van der Waals surface area contributed by atoms with Crippen LogP contribution in [0.2, 0.25) is 0 Å². The first kappa shape index (κ1) is 20.0. The Morgan fingerprint density at radius 2 is 1.89 bits per heavy atom. The molecule has 2 amide bonds. The van der Waals surface area contributed by atoms with Crippen LogP contribution in [0.25, 0.3) is 0 Å². The highest BCUT2D eigenvalue weighted by atomic mass is 16.5. The maximum atomic E-state index is 12.3. The van der Waals surface area contributed by atoms with Gasteiger partial charge in [-0.2, -0.15) is 0 Å². The Morgan fingerprint density at radius 3 is 2.56 bits per heavy atom. The first-order valence-electron chi connectivity index (χ1n) is 10.3. The first-order chi connectivity index (χ1) is 13.2. The number of hydrogen-bond donors (Lipinski definition) is 1. The summed E-state index contributed by atoms with van der Waals surface area (Å²) in [4.78, 5) is 19.1. The monoisotopic (exact) mass is 374 g/mol. The van der Waals surface area contributed by atoms with Crippen LogP contribution < -0.4 is 10.2 Å². The van der Waals surface area contributed by atoms with Crippen molar-refractivity contribution < 1.29 is 9.53 Å². The number of carbonyl (C=O) groups is 1. The van der Waals surface area contributed by atoms with Gasteiger partial charge in [-0.1, -0.05) is 12.1 Å². The van der Waals surface area contributed by atoms with E-state index in [-0.39, 0.29) is 6.03 Å². The summed E-state index contributed by atoms with van der Waals surface area (Å²) in [5, 5.41) is 3.09. The normalized spacial score (nSPS) is 19.3. The fourth-order valence-corrected chi connectivity index (χ4v) is 3.95. The maximum absolute atomic E-state index is 12.3. The molecule has 2 fully saturated rings. The highest BCUT2D eigenvalue weighted by Crippen LogP contribution is 2.17. The smallest absolute Gasteiger partial charge is 0.317 e. The standard InChI is InChI=1S/C21H34N4O2/c1-3-27-20-7-10-25(11-8-20)21(26)22-9-12-23-13-15-24(16-14-23)19-6-4-5-18(2)17-19/h4-6,17,20H,3,7-16H2,1-2H3,(H,22,26). The SMILES string of the molecule is CCOC1CCN(C(=O)NCCN2CCN(c3cccc(C)c3)CC2)CC1. The van der Waals surface area contributed by atoms with Gasteiger partial charge in [-0.15, -0.1) is 0 Å². The average molecular weight is 375 g/mol. The third-order valence-electron chi connectivity index (χ3n) is 5.57. The third-order valence-corrected chi connectivity index (χ3v) is 5.57. The minimum Gasteiger partial charge on any atom is -0.378 e. The van der Waals surface area contributed by atoms with Gasteiger partial charge in [-0.05, 0) is 44.4 Å². The summed E-state index contributed by atoms with van der Waals surface area (Å²) in [7, 11) is 0. The predicted octanol–water partition coefficient (Wildman–Crippen LogP) is 2.33. The Kier molecular flexibility index (Phi) is 7.35. The van der Waals surface area contributed by atoms with Crippen molar-refractivity contribution in [3.8, 4) is 0 Å². The second kappa shape index (κ2) is 9.95. The van der Waals surface area contributed by atoms with Gasteiger partial charge in [0.25, 0.3) is 0 Å². The molecule has 0 bridgehead atoms. The lowest BCUT2D eigenvalue weighted by molar-refractivity contribution is 0.0220. The quantitative estimate of drug-likeness (QED) is 0.830. The summed E-state index contributed by atoms with van der Waals surface area (Å²) < 4.78 is 5.65. The lowest BCUT2D eigenvalue weighted by atomic mass is 10.1. The molecule has 0 aliphatic carbocycles. The molecular weight excluding hydrogens is 340 g/mol. The second-order valence-electron chi connectivity index (χ2n) is 7.54. The molecule has 6 heteroatoms. The lowest BCUT2D eigenvalue weighted by Gasteiger charge is -2.36. The molecule has 0 radical (unpaired) electrons. The van der Waals surface area contributed by atoms with Crippen molar-refractivity contribution in [3.63, 3.8) is 0 Å². The van der Waals surface area contributed by atoms with Gasteiger partial charge in [0.1, 0.15) is 0 Å². The highest BCUT2D eigenvalue weighted by Gasteiger charge is 2.23. The zero-order chi connectivity index (χ0) is 19.1. The minimum atomic E-state index is 0.0725. The molecule has 150 valence electrons. The molecule has 0 atom stereocenters. The fraction of sp³-hybridized carbons (Fsp3) is 0.667. The largest absolute Gasteiger partial charge is 0.378 e. The van der Waals surface area contributed by atoms with Gasteiger partial charge in [0.05, 0.1) is 6.10 Å². The van der Waals surface area contributed by atoms with Crippen LogP contribution in [0.15, 0.2) is 24.3 Å². The van der Waals surface area contributed by atoms with Crippen molar-refractivity contribution >= 4 is 11.7 Å². The van der Waals surface area contributed by atoms with Crippen LogP contribution in [-0.4, -0.2) is 80.9 Å². The molecule has 0 aromatic heterocycles. The van der Waals surface area contributed by atoms with Gasteiger partial charge in [-0.25, -0.2) is 4.79 Å². The summed E-state index contributed by atoms with van der Waals surface area (Å²) in [5.41, 5.74) is 2.63. The van der Waals surface area contributed by atoms with Crippen molar-refractivity contribution in [2.45, 2.75) is 32.8 Å². The molecule has 27 heavy (non-hydrogen) atoms. The molecule has 3 rings (SSSR count). The zero-order valence-corrected chi connectivity index (χ0v) is 16.8. The molecule has 0 unspecified atom stereocenters. The summed E-state index contributed by atoms with van der Waals surface area (Å²) in [5.74, 6) is 0. The Balaban J connectivity index is 1.32. The second-order valence-corrected chi connectivity index (χ2v) is 7.54. The van der Waals surface area contributed by atoms with Gasteiger partial charge < -0.3 is 19.9 Å². The molecule has 2 aliphatic heterocycles. The van der Waals surface area contributed by atoms with E-state index in [1.807, 2.05) is 11.8 Å². The van der Waals surface area contributed by atoms with Gasteiger partial charge in [-0.3, -0.25) is 4.90 Å². The summed E-state index contributed by atoms with van der Waals surface area (Å²) in [6, 6.07) is 8.79. The van der Waals surface area contributed by atoms with Crippen LogP contribution in [0.4, 0.5) is 10.5 Å². The molecule has 1 aromatic carbocycles. The van der Waals surface area contributed by atoms with Crippen molar-refractivity contribution in [3.05, 3.63) is 29.8 Å². The van der Waals surface area contributed by atoms with Crippen molar-refractivity contribution in [2.75, 3.05) is 63.9 Å². The predicted molar refractivity (Wildman–Crippen MR) is 109 cm³/mol. The fourth-order valence-electron chi connectivity index (χ4n) is 3.95. The molecule has 2 aliphatic rings. The number of nitrogens with one attached hydrogen (secondary N) is 1. The highest BCUT2D eigenvalue weighted by molar-refractivity contribution is 5.74. The number of ether oxygens (including phenoxy) is 1. The number of piperidine rings is 1. The third kappa shape index (κ3) is 5.84. The van der Waals surface area contributed by atoms with Crippen molar-refractivity contribution in [1.82, 2.24) is 15.1 Å². The van der Waals surface area contributed by atoms with Gasteiger partial charge in [0, 0.05) is 64.7 Å². The van der Waals surface area contributed by atoms with E-state index in [2.05, 4.69) is 46.3 Å². The Bertz CT molecular complexity index is 594. The van der Waals surface area contributed by atoms with Crippen molar-refractivity contribution in [2.24, 2.45) is 0 Å². The van der Waals surface area contributed by atoms with E-state index in [9.17, 15) is 4.79 Å². The number of amides is 2. The van der Waals surface area contributed by atoms with Crippen LogP contribution in [0.1, 0.15) is 25.3 Å². The maximum Gasteiger partial charge on any atom is 0.317 e. The molecule has 2 saturated heterocycles. The average Bonchev–Trinajstić information content (AvgIpc) is 2.69. The summed E-state index contributed by atoms with van der Waals surface area (Å²) in [6.45, 7) is 12.3. The van der Waals surface area contributed by atoms with E-state index in [1.165, 1.54) is 11.3 Å². The van der Waals surface area contributed by atoms with Gasteiger partial charge in [0.15, 0.2) is 0 Å². The number of nitrogens with zero attached hydrogens (tertiary/aromatic N) is 3. The van der Waals surface area contributed by atoms with Gasteiger partial charge >= 0.3 is 6.03 Å². The number of anilines is 1. The number of benzene rings is 1. The van der Waals surface area contributed by atoms with Crippen LogP contribution in [0.5, 0.6) is 0 Å². The number of likely N-dealkylation sites (tertiary alicyclic amines) is 1. The Labute approximate surface area is 163 Å². The molecule has 2 heterocycles. The topological polar surface area (TPSA) is 48.1 Å². The lowest BCUT2D eigenvalue weighted by Crippen LogP contribution is -2.50. The molecule has 0 spiro atoms. The molecule has 0 saturated carbocycles. The van der Waals surface area contributed by atoms with E-state index in [0.29, 0.717) is 12.6 Å². The number of urea groups is 1. The Morgan fingerprint density at radius 1 is 1.15 bits per heavy atom. The van der Waals surface area contributed by atoms with E-state index >= 15 is 0 Å². The molecule has 6 nitrogen and oxygen atoms in total. The molecule has 1 N–H and O–H groups in total. The Hall–Kier alpha value is -1.79. The number of hydrogen-bond acceptors (Lipinski definition) is 4. The van der Waals surface area contributed by atoms with E-state index in [1.54, 1.807) is 0 Å². The zero-order valence-electron chi connectivity index (χ0n) is 16.8. The van der Waals surface area contributed by atoms with Crippen molar-refractivity contribution in [1.29, 1.82) is 0 Å². The van der Waals surface area contributed by atoms with E-state index in [0.717, 1.165) is 65.3 Å². The number of aryl methyl sites for hydroxylation is 1. The number of carbonyl (C=O) groups excluding carboxylic acids is 1. The number of piperazine rings is 1. The van der Waals surface area contributed by atoms with Gasteiger partial charge in [0.2, 0.25) is 0 Å². The summed E-state index contributed by atoms with van der Waals surface area (Å²) in [6.07, 6.45) is 2.22. The molecule has 1 aromatic rings. The van der Waals surface area contributed by atoms with Crippen LogP contribution in [0.3, 0.4) is 0 Å².